The number of hydrogen-bond acceptors (Lipinski definition) is 4. The van der Waals surface area contributed by atoms with E-state index in [0.29, 0.717) is 0 Å². The van der Waals surface area contributed by atoms with Crippen LogP contribution in [0.15, 0.2) is 67.0 Å². The van der Waals surface area contributed by atoms with Crippen molar-refractivity contribution in [2.45, 2.75) is 19.4 Å². The predicted molar refractivity (Wildman–Crippen MR) is 114 cm³/mol. The lowest BCUT2D eigenvalue weighted by molar-refractivity contribution is 0.475. The first-order valence-corrected chi connectivity index (χ1v) is 8.69. The normalized spacial score (nSPS) is 11.7. The van der Waals surface area contributed by atoms with Crippen molar-refractivity contribution in [3.05, 3.63) is 72.6 Å². The number of hydrogen-bond donors (Lipinski definition) is 3. The molecule has 0 aliphatic carbocycles. The number of nitrogens with one attached hydrogen (secondary N) is 2. The monoisotopic (exact) mass is 424 g/mol. The lowest BCUT2D eigenvalue weighted by Crippen LogP contribution is -2.11. The molecule has 4 aromatic rings. The lowest BCUT2D eigenvalue weighted by atomic mass is 10.0. The van der Waals surface area contributed by atoms with Crippen molar-refractivity contribution in [3.63, 3.8) is 0 Å². The first-order chi connectivity index (χ1) is 12.7. The van der Waals surface area contributed by atoms with E-state index in [1.54, 1.807) is 18.5 Å². The average Bonchev–Trinajstić information content (AvgIpc) is 3.12. The molecular weight excluding hydrogens is 404 g/mol. The molecule has 2 aromatic heterocycles. The second-order valence-corrected chi connectivity index (χ2v) is 6.23. The van der Waals surface area contributed by atoms with Gasteiger partial charge in [-0.05, 0) is 47.9 Å². The molecule has 2 heterocycles. The highest BCUT2D eigenvalue weighted by Gasteiger charge is 2.14. The van der Waals surface area contributed by atoms with Crippen LogP contribution in [-0.4, -0.2) is 20.1 Å². The quantitative estimate of drug-likeness (QED) is 0.396. The molecule has 2 aromatic carbocycles. The van der Waals surface area contributed by atoms with E-state index in [0.717, 1.165) is 34.5 Å². The van der Waals surface area contributed by atoms with E-state index in [9.17, 15) is 5.11 Å². The number of phenols is 1. The Kier molecular flexibility index (Phi) is 5.76. The maximum Gasteiger partial charge on any atom is 0.143 e. The molecule has 0 saturated carbocycles. The zero-order chi connectivity index (χ0) is 17.9. The lowest BCUT2D eigenvalue weighted by Gasteiger charge is -2.18. The number of rotatable bonds is 5. The second kappa shape index (κ2) is 8.22. The Labute approximate surface area is 168 Å². The Bertz CT molecular complexity index is 1020. The van der Waals surface area contributed by atoms with E-state index >= 15 is 0 Å². The highest BCUT2D eigenvalue weighted by atomic mass is 79.9. The Hall–Kier alpha value is -2.86. The summed E-state index contributed by atoms with van der Waals surface area (Å²) in [5.41, 5.74) is 3.95. The van der Waals surface area contributed by atoms with Crippen LogP contribution in [0.5, 0.6) is 5.75 Å². The molecule has 0 bridgehead atoms. The van der Waals surface area contributed by atoms with Gasteiger partial charge in [0, 0.05) is 5.69 Å². The van der Waals surface area contributed by atoms with Crippen molar-refractivity contribution in [2.75, 3.05) is 5.32 Å². The fourth-order valence-electron chi connectivity index (χ4n) is 3.12. The van der Waals surface area contributed by atoms with Crippen molar-refractivity contribution >= 4 is 33.8 Å². The third-order valence-electron chi connectivity index (χ3n) is 4.53. The smallest absolute Gasteiger partial charge is 0.143 e. The molecule has 0 radical (unpaired) electrons. The van der Waals surface area contributed by atoms with Gasteiger partial charge in [-0.2, -0.15) is 0 Å². The maximum atomic E-state index is 9.48. The van der Waals surface area contributed by atoms with Gasteiger partial charge >= 0.3 is 0 Å². The molecule has 0 saturated heterocycles. The summed E-state index contributed by atoms with van der Waals surface area (Å²) in [5, 5.41) is 14.0. The van der Waals surface area contributed by atoms with Gasteiger partial charge < -0.3 is 15.4 Å². The van der Waals surface area contributed by atoms with E-state index in [-0.39, 0.29) is 28.8 Å². The Morgan fingerprint density at radius 1 is 1.04 bits per heavy atom. The van der Waals surface area contributed by atoms with Gasteiger partial charge in [0.15, 0.2) is 0 Å². The molecule has 0 aliphatic heterocycles. The predicted octanol–water partition coefficient (Wildman–Crippen LogP) is 5.47. The number of aromatic amines is 1. The molecule has 27 heavy (non-hydrogen) atoms. The molecule has 1 atom stereocenters. The largest absolute Gasteiger partial charge is 0.508 e. The molecular formula is C21H21BrN4O. The Morgan fingerprint density at radius 3 is 2.48 bits per heavy atom. The van der Waals surface area contributed by atoms with Gasteiger partial charge in [0.2, 0.25) is 0 Å². The van der Waals surface area contributed by atoms with Crippen molar-refractivity contribution < 1.29 is 5.11 Å². The number of phenolic OH excluding ortho intramolecular Hbond substituents is 1. The van der Waals surface area contributed by atoms with E-state index in [1.165, 1.54) is 5.56 Å². The highest BCUT2D eigenvalue weighted by molar-refractivity contribution is 8.93. The zero-order valence-corrected chi connectivity index (χ0v) is 16.6. The topological polar surface area (TPSA) is 73.8 Å². The van der Waals surface area contributed by atoms with E-state index in [1.807, 2.05) is 24.3 Å². The van der Waals surface area contributed by atoms with E-state index in [2.05, 4.69) is 51.5 Å². The molecule has 5 nitrogen and oxygen atoms in total. The van der Waals surface area contributed by atoms with Gasteiger partial charge in [0.1, 0.15) is 23.5 Å². The number of halogens is 1. The summed E-state index contributed by atoms with van der Waals surface area (Å²) in [6, 6.07) is 19.7. The first kappa shape index (κ1) is 18.9. The number of H-pyrrole nitrogens is 1. The standard InChI is InChI=1S/C21H20N4O.BrH/c1-2-18(14-6-4-3-5-7-14)24-20-17-12-19(25-21(17)23-13-22-20)15-8-10-16(26)11-9-15;/h3-13,18,26H,2H2,1H3,(H2,22,23,24,25);1H/t18-;/m1./s1. The minimum Gasteiger partial charge on any atom is -0.508 e. The molecule has 4 rings (SSSR count). The summed E-state index contributed by atoms with van der Waals surface area (Å²) in [7, 11) is 0. The fourth-order valence-corrected chi connectivity index (χ4v) is 3.12. The number of fused-ring (bicyclic) bond motifs is 1. The summed E-state index contributed by atoms with van der Waals surface area (Å²) in [5.74, 6) is 1.06. The molecule has 3 N–H and O–H groups in total. The molecule has 0 fully saturated rings. The number of nitrogens with zero attached hydrogens (tertiary/aromatic N) is 2. The molecule has 138 valence electrons. The van der Waals surface area contributed by atoms with Gasteiger partial charge in [-0.15, -0.1) is 17.0 Å². The van der Waals surface area contributed by atoms with Crippen LogP contribution in [0.4, 0.5) is 5.82 Å². The highest BCUT2D eigenvalue weighted by Crippen LogP contribution is 2.30. The van der Waals surface area contributed by atoms with Gasteiger partial charge in [-0.25, -0.2) is 9.97 Å². The van der Waals surface area contributed by atoms with Crippen molar-refractivity contribution in [2.24, 2.45) is 0 Å². The van der Waals surface area contributed by atoms with Crippen molar-refractivity contribution in [1.82, 2.24) is 15.0 Å². The van der Waals surface area contributed by atoms with Crippen LogP contribution in [0.2, 0.25) is 0 Å². The number of aromatic nitrogens is 3. The van der Waals surface area contributed by atoms with Gasteiger partial charge in [0.25, 0.3) is 0 Å². The Balaban J connectivity index is 0.00000210. The third kappa shape index (κ3) is 3.95. The number of benzene rings is 2. The minimum atomic E-state index is 0. The average molecular weight is 425 g/mol. The summed E-state index contributed by atoms with van der Waals surface area (Å²) in [4.78, 5) is 12.1. The number of aromatic hydroxyl groups is 1. The second-order valence-electron chi connectivity index (χ2n) is 6.23. The first-order valence-electron chi connectivity index (χ1n) is 8.69. The van der Waals surface area contributed by atoms with Gasteiger partial charge in [-0.1, -0.05) is 37.3 Å². The summed E-state index contributed by atoms with van der Waals surface area (Å²) >= 11 is 0. The summed E-state index contributed by atoms with van der Waals surface area (Å²) < 4.78 is 0. The SMILES string of the molecule is Br.CC[C@@H](Nc1ncnc2[nH]c(-c3ccc(O)cc3)cc12)c1ccccc1. The zero-order valence-electron chi connectivity index (χ0n) is 14.9. The Morgan fingerprint density at radius 2 is 1.78 bits per heavy atom. The number of anilines is 1. The maximum absolute atomic E-state index is 9.48. The van der Waals surface area contributed by atoms with Crippen LogP contribution in [0.25, 0.3) is 22.3 Å². The summed E-state index contributed by atoms with van der Waals surface area (Å²) in [6.07, 6.45) is 2.52. The van der Waals surface area contributed by atoms with Crippen molar-refractivity contribution in [3.8, 4) is 17.0 Å². The third-order valence-corrected chi connectivity index (χ3v) is 4.53. The van der Waals surface area contributed by atoms with Crippen molar-refractivity contribution in [1.29, 1.82) is 0 Å². The molecule has 6 heteroatoms. The van der Waals surface area contributed by atoms with Crippen LogP contribution in [-0.2, 0) is 0 Å². The van der Waals surface area contributed by atoms with Gasteiger partial charge in [0.05, 0.1) is 11.4 Å². The summed E-state index contributed by atoms with van der Waals surface area (Å²) in [6.45, 7) is 2.15. The van der Waals surface area contributed by atoms with Crippen LogP contribution in [0.1, 0.15) is 24.9 Å². The fraction of sp³-hybridized carbons (Fsp3) is 0.143. The molecule has 0 amide bonds. The van der Waals surface area contributed by atoms with Crippen LogP contribution < -0.4 is 5.32 Å². The molecule has 0 unspecified atom stereocenters. The molecule has 0 spiro atoms. The minimum absolute atomic E-state index is 0. The van der Waals surface area contributed by atoms with Crippen LogP contribution in [0, 0.1) is 0 Å². The van der Waals surface area contributed by atoms with Crippen LogP contribution in [0.3, 0.4) is 0 Å². The van der Waals surface area contributed by atoms with Gasteiger partial charge in [-0.3, -0.25) is 0 Å². The van der Waals surface area contributed by atoms with E-state index in [4.69, 9.17) is 0 Å². The molecule has 0 aliphatic rings. The van der Waals surface area contributed by atoms with E-state index < -0.39 is 0 Å². The van der Waals surface area contributed by atoms with Crippen LogP contribution >= 0.6 is 17.0 Å².